The lowest BCUT2D eigenvalue weighted by atomic mass is 10.0. The number of fused-ring (bicyclic) bond motifs is 1. The Kier molecular flexibility index (Phi) is 6.51. The van der Waals surface area contributed by atoms with Crippen molar-refractivity contribution in [1.29, 1.82) is 0 Å². The van der Waals surface area contributed by atoms with Crippen molar-refractivity contribution in [2.45, 2.75) is 37.3 Å². The van der Waals surface area contributed by atoms with Crippen molar-refractivity contribution in [3.8, 4) is 11.5 Å². The first-order valence-electron chi connectivity index (χ1n) is 9.57. The van der Waals surface area contributed by atoms with Gasteiger partial charge in [-0.2, -0.15) is 0 Å². The van der Waals surface area contributed by atoms with Crippen LogP contribution in [0, 0.1) is 0 Å². The minimum absolute atomic E-state index is 0.0976. The standard InChI is InChI=1S/C21H24N2O7S/c1-13-12-23(14(2)24)19-10-17(8-9-20(19)30-13)31(27,28)22-18(11-21(25)26)15-4-6-16(29-3)7-5-15/h4-10,13,18,22H,11-12H2,1-3H3,(H,25,26)/t13-,18-/m1/s1. The van der Waals surface area contributed by atoms with E-state index in [1.54, 1.807) is 24.3 Å². The van der Waals surface area contributed by atoms with E-state index in [2.05, 4.69) is 4.72 Å². The van der Waals surface area contributed by atoms with E-state index in [1.807, 2.05) is 6.92 Å². The maximum Gasteiger partial charge on any atom is 0.305 e. The summed E-state index contributed by atoms with van der Waals surface area (Å²) in [6, 6.07) is 9.68. The van der Waals surface area contributed by atoms with Crippen LogP contribution in [0.15, 0.2) is 47.4 Å². The maximum absolute atomic E-state index is 13.1. The summed E-state index contributed by atoms with van der Waals surface area (Å²) in [5.41, 5.74) is 0.833. The van der Waals surface area contributed by atoms with Crippen LogP contribution in [0.1, 0.15) is 31.9 Å². The minimum atomic E-state index is -4.10. The Morgan fingerprint density at radius 2 is 1.94 bits per heavy atom. The predicted octanol–water partition coefficient (Wildman–Crippen LogP) is 2.32. The molecule has 0 radical (unpaired) electrons. The number of benzene rings is 2. The van der Waals surface area contributed by atoms with E-state index in [-0.39, 0.29) is 16.9 Å². The maximum atomic E-state index is 13.1. The molecule has 1 aliphatic rings. The van der Waals surface area contributed by atoms with E-state index in [0.29, 0.717) is 29.3 Å². The van der Waals surface area contributed by atoms with Crippen LogP contribution in [0.3, 0.4) is 0 Å². The third-order valence-corrected chi connectivity index (χ3v) is 6.34. The Bertz CT molecular complexity index is 1080. The zero-order valence-electron chi connectivity index (χ0n) is 17.4. The van der Waals surface area contributed by atoms with Gasteiger partial charge < -0.3 is 19.5 Å². The molecule has 0 aromatic heterocycles. The number of nitrogens with zero attached hydrogens (tertiary/aromatic N) is 1. The molecule has 9 nitrogen and oxygen atoms in total. The second-order valence-electron chi connectivity index (χ2n) is 7.23. The first-order valence-corrected chi connectivity index (χ1v) is 11.1. The smallest absolute Gasteiger partial charge is 0.305 e. The Morgan fingerprint density at radius 3 is 2.52 bits per heavy atom. The number of ether oxygens (including phenoxy) is 2. The lowest BCUT2D eigenvalue weighted by Crippen LogP contribution is -2.41. The first-order chi connectivity index (χ1) is 14.6. The van der Waals surface area contributed by atoms with Gasteiger partial charge in [-0.1, -0.05) is 12.1 Å². The van der Waals surface area contributed by atoms with Crippen LogP contribution in [-0.2, 0) is 19.6 Å². The molecule has 0 aliphatic carbocycles. The zero-order valence-corrected chi connectivity index (χ0v) is 18.2. The number of rotatable bonds is 7. The van der Waals surface area contributed by atoms with E-state index in [4.69, 9.17) is 9.47 Å². The number of carbonyl (C=O) groups is 2. The SMILES string of the molecule is COc1ccc([C@@H](CC(=O)O)NS(=O)(=O)c2ccc3c(c2)N(C(C)=O)C[C@@H](C)O3)cc1. The van der Waals surface area contributed by atoms with Crippen molar-refractivity contribution in [2.24, 2.45) is 0 Å². The Morgan fingerprint density at radius 1 is 1.26 bits per heavy atom. The molecule has 3 rings (SSSR count). The highest BCUT2D eigenvalue weighted by molar-refractivity contribution is 7.89. The second-order valence-corrected chi connectivity index (χ2v) is 8.95. The topological polar surface area (TPSA) is 122 Å². The highest BCUT2D eigenvalue weighted by Crippen LogP contribution is 2.36. The van der Waals surface area contributed by atoms with E-state index < -0.39 is 28.5 Å². The van der Waals surface area contributed by atoms with E-state index in [1.165, 1.54) is 37.1 Å². The van der Waals surface area contributed by atoms with Crippen molar-refractivity contribution >= 4 is 27.6 Å². The molecule has 2 N–H and O–H groups in total. The number of carboxylic acid groups (broad SMARTS) is 1. The van der Waals surface area contributed by atoms with Crippen molar-refractivity contribution < 1.29 is 32.6 Å². The fraction of sp³-hybridized carbons (Fsp3) is 0.333. The average Bonchev–Trinajstić information content (AvgIpc) is 2.71. The minimum Gasteiger partial charge on any atom is -0.497 e. The van der Waals surface area contributed by atoms with E-state index in [9.17, 15) is 23.1 Å². The normalized spacial score (nSPS) is 16.7. The third-order valence-electron chi connectivity index (χ3n) is 4.87. The van der Waals surface area contributed by atoms with Gasteiger partial charge >= 0.3 is 5.97 Å². The van der Waals surface area contributed by atoms with Gasteiger partial charge in [0, 0.05) is 6.92 Å². The van der Waals surface area contributed by atoms with Crippen LogP contribution in [0.5, 0.6) is 11.5 Å². The number of carboxylic acids is 1. The average molecular weight is 448 g/mol. The molecule has 0 bridgehead atoms. The molecule has 166 valence electrons. The van der Waals surface area contributed by atoms with Crippen LogP contribution in [-0.4, -0.2) is 45.2 Å². The first kappa shape index (κ1) is 22.6. The van der Waals surface area contributed by atoms with Crippen molar-refractivity contribution in [3.63, 3.8) is 0 Å². The Labute approximate surface area is 180 Å². The molecule has 0 unspecified atom stereocenters. The number of nitrogens with one attached hydrogen (secondary N) is 1. The third kappa shape index (κ3) is 5.15. The molecule has 1 heterocycles. The summed E-state index contributed by atoms with van der Waals surface area (Å²) in [7, 11) is -2.61. The molecule has 0 saturated carbocycles. The number of methoxy groups -OCH3 is 1. The van der Waals surface area contributed by atoms with Crippen molar-refractivity contribution in [3.05, 3.63) is 48.0 Å². The summed E-state index contributed by atoms with van der Waals surface area (Å²) < 4.78 is 39.4. The van der Waals surface area contributed by atoms with Gasteiger partial charge in [0.25, 0.3) is 0 Å². The monoisotopic (exact) mass is 448 g/mol. The molecule has 2 aromatic carbocycles. The molecule has 2 aromatic rings. The highest BCUT2D eigenvalue weighted by Gasteiger charge is 2.29. The van der Waals surface area contributed by atoms with Gasteiger partial charge in [0.2, 0.25) is 15.9 Å². The van der Waals surface area contributed by atoms with Gasteiger partial charge in [-0.05, 0) is 42.8 Å². The molecule has 2 atom stereocenters. The molecule has 0 spiro atoms. The number of anilines is 1. The molecule has 1 amide bonds. The number of hydrogen-bond acceptors (Lipinski definition) is 6. The molecule has 0 saturated heterocycles. The number of amides is 1. The zero-order chi connectivity index (χ0) is 22.8. The predicted molar refractivity (Wildman–Crippen MR) is 113 cm³/mol. The van der Waals surface area contributed by atoms with Gasteiger partial charge in [-0.25, -0.2) is 13.1 Å². The Balaban J connectivity index is 1.94. The number of aliphatic carboxylic acids is 1. The largest absolute Gasteiger partial charge is 0.497 e. The van der Waals surface area contributed by atoms with Crippen LogP contribution < -0.4 is 19.1 Å². The highest BCUT2D eigenvalue weighted by atomic mass is 32.2. The summed E-state index contributed by atoms with van der Waals surface area (Å²) >= 11 is 0. The van der Waals surface area contributed by atoms with Crippen molar-refractivity contribution in [2.75, 3.05) is 18.6 Å². The Hall–Kier alpha value is -3.11. The second kappa shape index (κ2) is 8.94. The summed E-state index contributed by atoms with van der Waals surface area (Å²) in [5.74, 6) is -0.418. The number of carbonyl (C=O) groups excluding carboxylic acids is 1. The van der Waals surface area contributed by atoms with Gasteiger partial charge in [-0.15, -0.1) is 0 Å². The van der Waals surface area contributed by atoms with Crippen molar-refractivity contribution in [1.82, 2.24) is 4.72 Å². The molecular formula is C21H24N2O7S. The number of sulfonamides is 1. The van der Waals surface area contributed by atoms with E-state index in [0.717, 1.165) is 0 Å². The van der Waals surface area contributed by atoms with Gasteiger partial charge in [0.1, 0.15) is 17.6 Å². The van der Waals surface area contributed by atoms with Gasteiger partial charge in [0.05, 0.1) is 36.7 Å². The molecular weight excluding hydrogens is 424 g/mol. The van der Waals surface area contributed by atoms with Crippen LogP contribution in [0.25, 0.3) is 0 Å². The number of hydrogen-bond donors (Lipinski definition) is 2. The molecule has 31 heavy (non-hydrogen) atoms. The quantitative estimate of drug-likeness (QED) is 0.666. The summed E-state index contributed by atoms with van der Waals surface area (Å²) in [6.45, 7) is 3.51. The summed E-state index contributed by atoms with van der Waals surface area (Å²) in [6.07, 6.45) is -0.677. The van der Waals surface area contributed by atoms with Gasteiger partial charge in [0.15, 0.2) is 0 Å². The van der Waals surface area contributed by atoms with Crippen LogP contribution >= 0.6 is 0 Å². The van der Waals surface area contributed by atoms with Crippen LogP contribution in [0.4, 0.5) is 5.69 Å². The van der Waals surface area contributed by atoms with Gasteiger partial charge in [-0.3, -0.25) is 9.59 Å². The lowest BCUT2D eigenvalue weighted by molar-refractivity contribution is -0.137. The van der Waals surface area contributed by atoms with Crippen LogP contribution in [0.2, 0.25) is 0 Å². The lowest BCUT2D eigenvalue weighted by Gasteiger charge is -2.33. The summed E-state index contributed by atoms with van der Waals surface area (Å²) in [4.78, 5) is 24.7. The fourth-order valence-corrected chi connectivity index (χ4v) is 4.62. The fourth-order valence-electron chi connectivity index (χ4n) is 3.38. The molecule has 1 aliphatic heterocycles. The van der Waals surface area contributed by atoms with E-state index >= 15 is 0 Å². The summed E-state index contributed by atoms with van der Waals surface area (Å²) in [5, 5.41) is 9.27. The molecule has 10 heteroatoms. The molecule has 0 fully saturated rings.